The van der Waals surface area contributed by atoms with Crippen LogP contribution in [0.3, 0.4) is 0 Å². The third kappa shape index (κ3) is 3.10. The van der Waals surface area contributed by atoms with E-state index in [4.69, 9.17) is 0 Å². The van der Waals surface area contributed by atoms with Gasteiger partial charge in [0.15, 0.2) is 0 Å². The fourth-order valence-electron chi connectivity index (χ4n) is 3.36. The van der Waals surface area contributed by atoms with E-state index < -0.39 is 0 Å². The predicted molar refractivity (Wildman–Crippen MR) is 82.9 cm³/mol. The van der Waals surface area contributed by atoms with E-state index >= 15 is 0 Å². The van der Waals surface area contributed by atoms with Crippen LogP contribution in [0.5, 0.6) is 0 Å². The predicted octanol–water partition coefficient (Wildman–Crippen LogP) is 3.83. The summed E-state index contributed by atoms with van der Waals surface area (Å²) in [4.78, 5) is 4.69. The number of nitrogens with one attached hydrogen (secondary N) is 1. The van der Waals surface area contributed by atoms with Gasteiger partial charge in [0.05, 0.1) is 5.69 Å². The Morgan fingerprint density at radius 2 is 2.21 bits per heavy atom. The van der Waals surface area contributed by atoms with Crippen LogP contribution < -0.4 is 5.32 Å². The summed E-state index contributed by atoms with van der Waals surface area (Å²) in [7, 11) is 0. The van der Waals surface area contributed by atoms with Gasteiger partial charge < -0.3 is 9.88 Å². The average Bonchev–Trinajstić information content (AvgIpc) is 3.05. The molecule has 19 heavy (non-hydrogen) atoms. The van der Waals surface area contributed by atoms with Gasteiger partial charge in [0, 0.05) is 23.5 Å². The first-order chi connectivity index (χ1) is 9.15. The molecule has 106 valence electrons. The van der Waals surface area contributed by atoms with Crippen LogP contribution in [-0.2, 0) is 6.54 Å². The van der Waals surface area contributed by atoms with Crippen molar-refractivity contribution in [3.8, 4) is 0 Å². The van der Waals surface area contributed by atoms with E-state index in [2.05, 4.69) is 46.7 Å². The number of aromatic nitrogens is 2. The molecule has 1 aliphatic carbocycles. The van der Waals surface area contributed by atoms with Crippen LogP contribution in [0.25, 0.3) is 0 Å². The summed E-state index contributed by atoms with van der Waals surface area (Å²) in [6, 6.07) is 0.643. The van der Waals surface area contributed by atoms with Crippen LogP contribution in [0.2, 0.25) is 0 Å². The van der Waals surface area contributed by atoms with Crippen LogP contribution in [0.4, 0.5) is 5.95 Å². The van der Waals surface area contributed by atoms with E-state index in [0.717, 1.165) is 18.2 Å². The first-order valence-corrected chi connectivity index (χ1v) is 8.57. The minimum atomic E-state index is 0.402. The molecule has 2 aliphatic rings. The lowest BCUT2D eigenvalue weighted by molar-refractivity contribution is 0.511. The molecule has 1 aromatic rings. The highest BCUT2D eigenvalue weighted by Crippen LogP contribution is 2.39. The number of hydrogen-bond donors (Lipinski definition) is 1. The van der Waals surface area contributed by atoms with Gasteiger partial charge in [-0.25, -0.2) is 4.98 Å². The molecule has 0 amide bonds. The van der Waals surface area contributed by atoms with E-state index in [9.17, 15) is 0 Å². The Morgan fingerprint density at radius 3 is 2.89 bits per heavy atom. The molecule has 1 N–H and O–H groups in total. The number of anilines is 1. The Bertz CT molecular complexity index is 429. The lowest BCUT2D eigenvalue weighted by atomic mass is 10.1. The molecule has 1 saturated heterocycles. The maximum atomic E-state index is 4.69. The number of imidazole rings is 1. The van der Waals surface area contributed by atoms with Gasteiger partial charge in [-0.15, -0.1) is 0 Å². The minimum absolute atomic E-state index is 0.402. The highest BCUT2D eigenvalue weighted by Gasteiger charge is 2.31. The number of hydrogen-bond acceptors (Lipinski definition) is 3. The van der Waals surface area contributed by atoms with Crippen molar-refractivity contribution in [2.75, 3.05) is 11.1 Å². The molecule has 3 rings (SSSR count). The summed E-state index contributed by atoms with van der Waals surface area (Å²) in [6.07, 6.45) is 10.2. The quantitative estimate of drug-likeness (QED) is 0.908. The zero-order valence-electron chi connectivity index (χ0n) is 12.1. The van der Waals surface area contributed by atoms with Crippen LogP contribution in [0, 0.1) is 6.92 Å². The molecular formula is C15H25N3S. The van der Waals surface area contributed by atoms with Gasteiger partial charge in [-0.1, -0.05) is 12.8 Å². The number of thioether (sulfide) groups is 1. The Morgan fingerprint density at radius 1 is 1.42 bits per heavy atom. The molecule has 1 unspecified atom stereocenters. The van der Waals surface area contributed by atoms with E-state index in [1.807, 2.05) is 0 Å². The molecular weight excluding hydrogens is 254 g/mol. The second-order valence-electron chi connectivity index (χ2n) is 6.36. The standard InChI is InChI=1S/C15H25N3S/c1-12-10-18(11-15(2)8-5-9-19-15)14(16-12)17-13-6-3-4-7-13/h10,13H,3-9,11H2,1-2H3,(H,16,17). The zero-order chi connectivity index (χ0) is 13.3. The number of rotatable bonds is 4. The van der Waals surface area contributed by atoms with Crippen molar-refractivity contribution in [1.29, 1.82) is 0 Å². The fourth-order valence-corrected chi connectivity index (χ4v) is 4.66. The molecule has 0 bridgehead atoms. The van der Waals surface area contributed by atoms with Gasteiger partial charge in [0.2, 0.25) is 5.95 Å². The summed E-state index contributed by atoms with van der Waals surface area (Å²) in [6.45, 7) is 5.59. The second kappa shape index (κ2) is 5.39. The van der Waals surface area contributed by atoms with E-state index in [1.165, 1.54) is 44.3 Å². The third-order valence-electron chi connectivity index (χ3n) is 4.39. The summed E-state index contributed by atoms with van der Waals surface area (Å²) in [5.74, 6) is 2.41. The molecule has 0 radical (unpaired) electrons. The van der Waals surface area contributed by atoms with Gasteiger partial charge in [0.25, 0.3) is 0 Å². The highest BCUT2D eigenvalue weighted by molar-refractivity contribution is 8.00. The van der Waals surface area contributed by atoms with Gasteiger partial charge >= 0.3 is 0 Å². The molecule has 2 fully saturated rings. The lowest BCUT2D eigenvalue weighted by Crippen LogP contribution is -2.26. The van der Waals surface area contributed by atoms with Crippen molar-refractivity contribution >= 4 is 17.7 Å². The molecule has 3 nitrogen and oxygen atoms in total. The van der Waals surface area contributed by atoms with Crippen molar-refractivity contribution in [2.45, 2.75) is 69.7 Å². The van der Waals surface area contributed by atoms with Crippen molar-refractivity contribution in [3.63, 3.8) is 0 Å². The molecule has 1 saturated carbocycles. The summed E-state index contributed by atoms with van der Waals surface area (Å²) < 4.78 is 2.76. The van der Waals surface area contributed by atoms with Crippen molar-refractivity contribution < 1.29 is 0 Å². The fraction of sp³-hybridized carbons (Fsp3) is 0.800. The van der Waals surface area contributed by atoms with E-state index in [0.29, 0.717) is 10.8 Å². The first kappa shape index (κ1) is 13.3. The van der Waals surface area contributed by atoms with Crippen molar-refractivity contribution in [1.82, 2.24) is 9.55 Å². The van der Waals surface area contributed by atoms with E-state index in [1.54, 1.807) is 0 Å². The van der Waals surface area contributed by atoms with Gasteiger partial charge in [-0.3, -0.25) is 0 Å². The Kier molecular flexibility index (Phi) is 3.79. The monoisotopic (exact) mass is 279 g/mol. The molecule has 4 heteroatoms. The summed E-state index contributed by atoms with van der Waals surface area (Å²) in [5.41, 5.74) is 1.13. The van der Waals surface area contributed by atoms with E-state index in [-0.39, 0.29) is 0 Å². The van der Waals surface area contributed by atoms with Crippen LogP contribution >= 0.6 is 11.8 Å². The Hall–Kier alpha value is -0.640. The molecule has 0 aromatic carbocycles. The topological polar surface area (TPSA) is 29.9 Å². The molecule has 2 heterocycles. The van der Waals surface area contributed by atoms with Gasteiger partial charge in [-0.2, -0.15) is 11.8 Å². The summed E-state index contributed by atoms with van der Waals surface area (Å²) in [5, 5.41) is 3.66. The minimum Gasteiger partial charge on any atom is -0.353 e. The zero-order valence-corrected chi connectivity index (χ0v) is 12.9. The molecule has 1 aliphatic heterocycles. The van der Waals surface area contributed by atoms with Crippen molar-refractivity contribution in [2.24, 2.45) is 0 Å². The Balaban J connectivity index is 1.72. The lowest BCUT2D eigenvalue weighted by Gasteiger charge is -2.25. The second-order valence-corrected chi connectivity index (χ2v) is 8.04. The maximum absolute atomic E-state index is 4.69. The summed E-state index contributed by atoms with van der Waals surface area (Å²) >= 11 is 2.12. The number of aryl methyl sites for hydroxylation is 1. The van der Waals surface area contributed by atoms with Crippen molar-refractivity contribution in [3.05, 3.63) is 11.9 Å². The maximum Gasteiger partial charge on any atom is 0.203 e. The smallest absolute Gasteiger partial charge is 0.203 e. The largest absolute Gasteiger partial charge is 0.353 e. The Labute approximate surface area is 120 Å². The van der Waals surface area contributed by atoms with Gasteiger partial charge in [0.1, 0.15) is 0 Å². The number of nitrogens with zero attached hydrogens (tertiary/aromatic N) is 2. The van der Waals surface area contributed by atoms with Crippen LogP contribution in [0.15, 0.2) is 6.20 Å². The van der Waals surface area contributed by atoms with Crippen LogP contribution in [0.1, 0.15) is 51.1 Å². The third-order valence-corrected chi connectivity index (χ3v) is 5.91. The normalized spacial score (nSPS) is 28.1. The molecule has 1 aromatic heterocycles. The first-order valence-electron chi connectivity index (χ1n) is 7.59. The SMILES string of the molecule is Cc1cn(CC2(C)CCCS2)c(NC2CCCC2)n1. The highest BCUT2D eigenvalue weighted by atomic mass is 32.2. The van der Waals surface area contributed by atoms with Gasteiger partial charge in [-0.05, 0) is 45.3 Å². The average molecular weight is 279 g/mol. The molecule has 1 atom stereocenters. The van der Waals surface area contributed by atoms with Crippen LogP contribution in [-0.4, -0.2) is 26.1 Å². The molecule has 0 spiro atoms.